The van der Waals surface area contributed by atoms with Crippen molar-refractivity contribution in [3.63, 3.8) is 0 Å². The molecule has 0 aromatic heterocycles. The number of esters is 4. The Balaban J connectivity index is 5.22. The van der Waals surface area contributed by atoms with Crippen LogP contribution in [0.25, 0.3) is 0 Å². The molecule has 0 saturated carbocycles. The molecule has 0 amide bonds. The predicted molar refractivity (Wildman–Crippen MR) is 358 cm³/mol. The quantitative estimate of drug-likeness (QED) is 0.0222. The van der Waals surface area contributed by atoms with Gasteiger partial charge in [0.25, 0.3) is 0 Å². The van der Waals surface area contributed by atoms with Crippen LogP contribution in [0.4, 0.5) is 0 Å². The standard InChI is InChI=1S/C70H136O17P2/c1-60(2)46-38-30-22-16-14-12-10-9-11-13-15-17-27-36-44-52-69(74)86-65(56-80-67(72)50-42-34-26-19-18-23-31-39-47-61(3)4)58-84-88(76,77)82-54-64(71)55-83-89(78,79)85-59-66(87-70(75)53-45-37-29-21-25-33-41-49-63(7)8)57-81-68(73)51-43-35-28-20-24-32-40-48-62(5)6/h60-66,71H,9-59H2,1-8H3,(H,76,77)(H,78,79)/t64?,65-,66-/m1/s1. The molecule has 0 fully saturated rings. The number of rotatable bonds is 67. The van der Waals surface area contributed by atoms with Crippen LogP contribution in [-0.4, -0.2) is 96.7 Å². The van der Waals surface area contributed by atoms with E-state index in [4.69, 9.17) is 37.0 Å². The second-order valence-corrected chi connectivity index (χ2v) is 30.1. The van der Waals surface area contributed by atoms with E-state index in [1.807, 2.05) is 0 Å². The lowest BCUT2D eigenvalue weighted by molar-refractivity contribution is -0.161. The largest absolute Gasteiger partial charge is 0.472 e. The first-order chi connectivity index (χ1) is 42.6. The smallest absolute Gasteiger partial charge is 0.462 e. The van der Waals surface area contributed by atoms with Crippen LogP contribution in [0, 0.1) is 23.7 Å². The Morgan fingerprint density at radius 1 is 0.281 bits per heavy atom. The van der Waals surface area contributed by atoms with E-state index in [9.17, 15) is 43.2 Å². The van der Waals surface area contributed by atoms with Gasteiger partial charge in [-0.25, -0.2) is 9.13 Å². The predicted octanol–water partition coefficient (Wildman–Crippen LogP) is 19.7. The van der Waals surface area contributed by atoms with Gasteiger partial charge in [-0.1, -0.05) is 293 Å². The summed E-state index contributed by atoms with van der Waals surface area (Å²) in [7, 11) is -9.90. The Labute approximate surface area is 543 Å². The fourth-order valence-electron chi connectivity index (χ4n) is 10.5. The van der Waals surface area contributed by atoms with E-state index < -0.39 is 97.5 Å². The second kappa shape index (κ2) is 59.8. The molecule has 0 aliphatic rings. The Bertz CT molecular complexity index is 1760. The lowest BCUT2D eigenvalue weighted by atomic mass is 10.0. The van der Waals surface area contributed by atoms with Gasteiger partial charge in [0.05, 0.1) is 26.4 Å². The van der Waals surface area contributed by atoms with E-state index in [0.717, 1.165) is 108 Å². The summed E-state index contributed by atoms with van der Waals surface area (Å²) < 4.78 is 68.2. The molecule has 528 valence electrons. The number of phosphoric ester groups is 2. The average molecular weight is 1310 g/mol. The average Bonchev–Trinajstić information content (AvgIpc) is 3.56. The third kappa shape index (κ3) is 64.6. The zero-order chi connectivity index (χ0) is 66.1. The minimum absolute atomic E-state index is 0.102. The molecular weight excluding hydrogens is 1170 g/mol. The fraction of sp³-hybridized carbons (Fsp3) is 0.943. The lowest BCUT2D eigenvalue weighted by Gasteiger charge is -2.21. The van der Waals surface area contributed by atoms with Crippen LogP contribution in [0.15, 0.2) is 0 Å². The van der Waals surface area contributed by atoms with E-state index in [2.05, 4.69) is 55.4 Å². The summed E-state index contributed by atoms with van der Waals surface area (Å²) >= 11 is 0. The van der Waals surface area contributed by atoms with Crippen molar-refractivity contribution in [2.24, 2.45) is 23.7 Å². The first-order valence-electron chi connectivity index (χ1n) is 36.2. The van der Waals surface area contributed by atoms with Crippen LogP contribution < -0.4 is 0 Å². The van der Waals surface area contributed by atoms with Gasteiger partial charge < -0.3 is 33.8 Å². The SMILES string of the molecule is CC(C)CCCCCCCCCCCCCCCCCC(=O)O[C@H](COC(=O)CCCCCCCCCCC(C)C)COP(=O)(O)OCC(O)COP(=O)(O)OC[C@@H](COC(=O)CCCCCCCCCC(C)C)OC(=O)CCCCCCCCCC(C)C. The highest BCUT2D eigenvalue weighted by atomic mass is 31.2. The number of ether oxygens (including phenoxy) is 4. The van der Waals surface area contributed by atoms with Crippen molar-refractivity contribution in [2.45, 2.75) is 363 Å². The molecule has 19 heteroatoms. The van der Waals surface area contributed by atoms with Crippen LogP contribution in [0.3, 0.4) is 0 Å². The monoisotopic (exact) mass is 1310 g/mol. The number of aliphatic hydroxyl groups is 1. The molecule has 17 nitrogen and oxygen atoms in total. The van der Waals surface area contributed by atoms with E-state index >= 15 is 0 Å². The number of hydrogen-bond donors (Lipinski definition) is 3. The van der Waals surface area contributed by atoms with Crippen LogP contribution in [-0.2, 0) is 65.4 Å². The van der Waals surface area contributed by atoms with Crippen LogP contribution in [0.5, 0.6) is 0 Å². The third-order valence-corrected chi connectivity index (χ3v) is 18.0. The minimum atomic E-state index is -4.95. The molecular formula is C70H136O17P2. The lowest BCUT2D eigenvalue weighted by Crippen LogP contribution is -2.30. The van der Waals surface area contributed by atoms with Crippen molar-refractivity contribution in [1.29, 1.82) is 0 Å². The molecule has 3 N–H and O–H groups in total. The first-order valence-corrected chi connectivity index (χ1v) is 39.2. The van der Waals surface area contributed by atoms with Gasteiger partial charge in [0.2, 0.25) is 0 Å². The molecule has 5 atom stereocenters. The van der Waals surface area contributed by atoms with Crippen LogP contribution in [0.2, 0.25) is 0 Å². The molecule has 0 radical (unpaired) electrons. The maximum Gasteiger partial charge on any atom is 0.472 e. The van der Waals surface area contributed by atoms with Crippen LogP contribution >= 0.6 is 15.6 Å². The maximum absolute atomic E-state index is 13.0. The van der Waals surface area contributed by atoms with Gasteiger partial charge in [0.15, 0.2) is 12.2 Å². The van der Waals surface area contributed by atoms with E-state index in [0.29, 0.717) is 37.5 Å². The van der Waals surface area contributed by atoms with Crippen LogP contribution in [0.1, 0.15) is 344 Å². The van der Waals surface area contributed by atoms with E-state index in [1.54, 1.807) is 0 Å². The fourth-order valence-corrected chi connectivity index (χ4v) is 12.1. The van der Waals surface area contributed by atoms with Gasteiger partial charge in [0, 0.05) is 25.7 Å². The minimum Gasteiger partial charge on any atom is -0.462 e. The summed E-state index contributed by atoms with van der Waals surface area (Å²) in [6.07, 6.45) is 42.0. The van der Waals surface area contributed by atoms with Crippen molar-refractivity contribution in [3.05, 3.63) is 0 Å². The van der Waals surface area contributed by atoms with Gasteiger partial charge in [-0.05, 0) is 49.4 Å². The van der Waals surface area contributed by atoms with E-state index in [1.165, 1.54) is 141 Å². The van der Waals surface area contributed by atoms with Crippen molar-refractivity contribution in [1.82, 2.24) is 0 Å². The van der Waals surface area contributed by atoms with Crippen molar-refractivity contribution in [2.75, 3.05) is 39.6 Å². The topological polar surface area (TPSA) is 237 Å². The Morgan fingerprint density at radius 3 is 0.697 bits per heavy atom. The Morgan fingerprint density at radius 2 is 0.472 bits per heavy atom. The highest BCUT2D eigenvalue weighted by Gasteiger charge is 2.30. The Hall–Kier alpha value is -1.94. The summed E-state index contributed by atoms with van der Waals surface area (Å²) in [5, 5.41) is 10.6. The van der Waals surface area contributed by atoms with Gasteiger partial charge >= 0.3 is 39.5 Å². The zero-order valence-electron chi connectivity index (χ0n) is 58.1. The van der Waals surface area contributed by atoms with Gasteiger partial charge in [-0.3, -0.25) is 37.3 Å². The molecule has 0 heterocycles. The van der Waals surface area contributed by atoms with Crippen molar-refractivity contribution < 1.29 is 80.2 Å². The first kappa shape index (κ1) is 87.1. The van der Waals surface area contributed by atoms with E-state index in [-0.39, 0.29) is 25.7 Å². The molecule has 0 bridgehead atoms. The number of carbonyl (C=O) groups is 4. The molecule has 3 unspecified atom stereocenters. The number of aliphatic hydroxyl groups excluding tert-OH is 1. The maximum atomic E-state index is 13.0. The number of carbonyl (C=O) groups excluding carboxylic acids is 4. The van der Waals surface area contributed by atoms with Crippen molar-refractivity contribution in [3.8, 4) is 0 Å². The number of phosphoric acid groups is 2. The molecule has 0 aromatic rings. The summed E-state index contributed by atoms with van der Waals surface area (Å²) in [4.78, 5) is 72.5. The zero-order valence-corrected chi connectivity index (χ0v) is 59.8. The number of unbranched alkanes of at least 4 members (excludes halogenated alkanes) is 33. The molecule has 0 saturated heterocycles. The summed E-state index contributed by atoms with van der Waals surface area (Å²) in [6.45, 7) is 14.0. The van der Waals surface area contributed by atoms with Gasteiger partial charge in [-0.15, -0.1) is 0 Å². The van der Waals surface area contributed by atoms with Gasteiger partial charge in [-0.2, -0.15) is 0 Å². The third-order valence-electron chi connectivity index (χ3n) is 16.1. The summed E-state index contributed by atoms with van der Waals surface area (Å²) in [6, 6.07) is 0. The molecule has 89 heavy (non-hydrogen) atoms. The Kier molecular flexibility index (Phi) is 58.5. The molecule has 0 rings (SSSR count). The molecule has 0 spiro atoms. The number of hydrogen-bond acceptors (Lipinski definition) is 15. The normalized spacial score (nSPS) is 14.3. The second-order valence-electron chi connectivity index (χ2n) is 27.2. The molecule has 0 aromatic carbocycles. The van der Waals surface area contributed by atoms with Gasteiger partial charge in [0.1, 0.15) is 19.3 Å². The summed E-state index contributed by atoms with van der Waals surface area (Å²) in [5.74, 6) is 0.797. The summed E-state index contributed by atoms with van der Waals surface area (Å²) in [5.41, 5.74) is 0. The highest BCUT2D eigenvalue weighted by Crippen LogP contribution is 2.45. The molecule has 0 aliphatic carbocycles. The highest BCUT2D eigenvalue weighted by molar-refractivity contribution is 7.47. The molecule has 0 aliphatic heterocycles. The van der Waals surface area contributed by atoms with Crippen molar-refractivity contribution >= 4 is 39.5 Å².